The van der Waals surface area contributed by atoms with Gasteiger partial charge in [0.1, 0.15) is 11.6 Å². The van der Waals surface area contributed by atoms with Gasteiger partial charge in [-0.2, -0.15) is 0 Å². The van der Waals surface area contributed by atoms with E-state index in [1.165, 1.54) is 11.6 Å². The smallest absolute Gasteiger partial charge is 0.129 e. The number of hydrogen-bond donors (Lipinski definition) is 1. The Hall–Kier alpha value is -1.74. The molecule has 2 atom stereocenters. The van der Waals surface area contributed by atoms with Gasteiger partial charge in [-0.3, -0.25) is 0 Å². The molecule has 1 aliphatic rings. The molecule has 1 fully saturated rings. The van der Waals surface area contributed by atoms with Gasteiger partial charge in [-0.25, -0.2) is 8.78 Å². The summed E-state index contributed by atoms with van der Waals surface area (Å²) in [6, 6.07) is 14.1. The summed E-state index contributed by atoms with van der Waals surface area (Å²) in [5.41, 5.74) is 1.83. The molecule has 2 aromatic carbocycles. The Morgan fingerprint density at radius 1 is 0.950 bits per heavy atom. The molecule has 0 aliphatic carbocycles. The highest BCUT2D eigenvalue weighted by molar-refractivity contribution is 5.31. The number of piperidine rings is 1. The molecule has 20 heavy (non-hydrogen) atoms. The highest BCUT2D eigenvalue weighted by Crippen LogP contribution is 2.38. The van der Waals surface area contributed by atoms with Crippen LogP contribution in [0.3, 0.4) is 0 Å². The second kappa shape index (κ2) is 5.71. The Morgan fingerprint density at radius 3 is 2.50 bits per heavy atom. The predicted molar refractivity (Wildman–Crippen MR) is 75.8 cm³/mol. The SMILES string of the molecule is Fc1ccc(C2CCNCC2c2ccccc2)c(F)c1. The van der Waals surface area contributed by atoms with Crippen molar-refractivity contribution >= 4 is 0 Å². The molecular formula is C17H17F2N. The first-order chi connectivity index (χ1) is 9.75. The lowest BCUT2D eigenvalue weighted by Gasteiger charge is -2.33. The number of halogens is 2. The van der Waals surface area contributed by atoms with Crippen molar-refractivity contribution < 1.29 is 8.78 Å². The van der Waals surface area contributed by atoms with Crippen LogP contribution in [-0.4, -0.2) is 13.1 Å². The number of hydrogen-bond acceptors (Lipinski definition) is 1. The highest BCUT2D eigenvalue weighted by Gasteiger charge is 2.29. The highest BCUT2D eigenvalue weighted by atomic mass is 19.1. The van der Waals surface area contributed by atoms with E-state index in [0.29, 0.717) is 5.56 Å². The van der Waals surface area contributed by atoms with Gasteiger partial charge in [0, 0.05) is 18.5 Å². The van der Waals surface area contributed by atoms with Crippen molar-refractivity contribution in [2.45, 2.75) is 18.3 Å². The van der Waals surface area contributed by atoms with Crippen LogP contribution in [0.5, 0.6) is 0 Å². The fourth-order valence-electron chi connectivity index (χ4n) is 3.08. The lowest BCUT2D eigenvalue weighted by atomic mass is 9.77. The van der Waals surface area contributed by atoms with E-state index in [2.05, 4.69) is 17.4 Å². The zero-order valence-corrected chi connectivity index (χ0v) is 11.2. The first-order valence-electron chi connectivity index (χ1n) is 6.96. The monoisotopic (exact) mass is 273 g/mol. The third kappa shape index (κ3) is 2.59. The molecule has 1 N–H and O–H groups in total. The average Bonchev–Trinajstić information content (AvgIpc) is 2.48. The molecule has 1 nitrogen and oxygen atoms in total. The standard InChI is InChI=1S/C17H17F2N/c18-13-6-7-15(17(19)10-13)14-8-9-20-11-16(14)12-4-2-1-3-5-12/h1-7,10,14,16,20H,8-9,11H2. The molecular weight excluding hydrogens is 256 g/mol. The molecule has 0 radical (unpaired) electrons. The van der Waals surface area contributed by atoms with Crippen LogP contribution in [0.15, 0.2) is 48.5 Å². The molecule has 3 heteroatoms. The Bertz CT molecular complexity index is 583. The summed E-state index contributed by atoms with van der Waals surface area (Å²) in [6.45, 7) is 1.69. The van der Waals surface area contributed by atoms with Gasteiger partial charge in [0.25, 0.3) is 0 Å². The molecule has 0 saturated carbocycles. The van der Waals surface area contributed by atoms with E-state index in [9.17, 15) is 8.78 Å². The quantitative estimate of drug-likeness (QED) is 0.877. The maximum Gasteiger partial charge on any atom is 0.129 e. The molecule has 1 saturated heterocycles. The average molecular weight is 273 g/mol. The largest absolute Gasteiger partial charge is 0.316 e. The van der Waals surface area contributed by atoms with Crippen LogP contribution >= 0.6 is 0 Å². The first-order valence-corrected chi connectivity index (χ1v) is 6.96. The number of benzene rings is 2. The van der Waals surface area contributed by atoms with Crippen molar-refractivity contribution in [3.05, 3.63) is 71.3 Å². The van der Waals surface area contributed by atoms with Gasteiger partial charge in [-0.1, -0.05) is 36.4 Å². The van der Waals surface area contributed by atoms with E-state index >= 15 is 0 Å². The summed E-state index contributed by atoms with van der Waals surface area (Å²) in [6.07, 6.45) is 0.863. The van der Waals surface area contributed by atoms with Crippen LogP contribution in [0.4, 0.5) is 8.78 Å². The fourth-order valence-corrected chi connectivity index (χ4v) is 3.08. The van der Waals surface area contributed by atoms with Gasteiger partial charge in [0.15, 0.2) is 0 Å². The lowest BCUT2D eigenvalue weighted by molar-refractivity contribution is 0.392. The normalized spacial score (nSPS) is 22.7. The summed E-state index contributed by atoms with van der Waals surface area (Å²) < 4.78 is 27.1. The van der Waals surface area contributed by atoms with Crippen molar-refractivity contribution in [3.8, 4) is 0 Å². The minimum absolute atomic E-state index is 0.0965. The molecule has 1 aliphatic heterocycles. The van der Waals surface area contributed by atoms with Gasteiger partial charge in [-0.05, 0) is 36.1 Å². The van der Waals surface area contributed by atoms with Crippen LogP contribution in [0.2, 0.25) is 0 Å². The number of rotatable bonds is 2. The molecule has 0 spiro atoms. The minimum atomic E-state index is -0.517. The molecule has 0 aromatic heterocycles. The van der Waals surface area contributed by atoms with E-state index in [1.54, 1.807) is 6.07 Å². The van der Waals surface area contributed by atoms with E-state index < -0.39 is 11.6 Å². The van der Waals surface area contributed by atoms with Gasteiger partial charge >= 0.3 is 0 Å². The van der Waals surface area contributed by atoms with Crippen LogP contribution in [0, 0.1) is 11.6 Å². The van der Waals surface area contributed by atoms with Crippen molar-refractivity contribution in [1.82, 2.24) is 5.32 Å². The molecule has 2 unspecified atom stereocenters. The van der Waals surface area contributed by atoms with E-state index in [1.807, 2.05) is 18.2 Å². The maximum absolute atomic E-state index is 14.1. The van der Waals surface area contributed by atoms with Gasteiger partial charge in [0.05, 0.1) is 0 Å². The van der Waals surface area contributed by atoms with E-state index in [0.717, 1.165) is 25.6 Å². The van der Waals surface area contributed by atoms with Crippen LogP contribution < -0.4 is 5.32 Å². The fraction of sp³-hybridized carbons (Fsp3) is 0.294. The molecule has 2 aromatic rings. The van der Waals surface area contributed by atoms with Crippen molar-refractivity contribution in [2.75, 3.05) is 13.1 Å². The minimum Gasteiger partial charge on any atom is -0.316 e. The summed E-state index contributed by atoms with van der Waals surface area (Å²) in [7, 11) is 0. The first kappa shape index (κ1) is 13.3. The zero-order chi connectivity index (χ0) is 13.9. The van der Waals surface area contributed by atoms with Crippen LogP contribution in [-0.2, 0) is 0 Å². The molecule has 1 heterocycles. The third-order valence-corrected chi connectivity index (χ3v) is 4.07. The second-order valence-electron chi connectivity index (χ2n) is 5.28. The Balaban J connectivity index is 1.97. The topological polar surface area (TPSA) is 12.0 Å². The van der Waals surface area contributed by atoms with Crippen molar-refractivity contribution in [1.29, 1.82) is 0 Å². The predicted octanol–water partition coefficient (Wildman–Crippen LogP) is 3.83. The van der Waals surface area contributed by atoms with Crippen LogP contribution in [0.1, 0.15) is 29.4 Å². The summed E-state index contributed by atoms with van der Waals surface area (Å²) >= 11 is 0. The molecule has 104 valence electrons. The number of nitrogens with one attached hydrogen (secondary N) is 1. The summed E-state index contributed by atoms with van der Waals surface area (Å²) in [5.74, 6) is -0.626. The second-order valence-corrected chi connectivity index (χ2v) is 5.28. The molecule has 0 bridgehead atoms. The zero-order valence-electron chi connectivity index (χ0n) is 11.2. The lowest BCUT2D eigenvalue weighted by Crippen LogP contribution is -2.34. The van der Waals surface area contributed by atoms with Crippen molar-refractivity contribution in [3.63, 3.8) is 0 Å². The Morgan fingerprint density at radius 2 is 1.75 bits per heavy atom. The van der Waals surface area contributed by atoms with E-state index in [-0.39, 0.29) is 11.8 Å². The summed E-state index contributed by atoms with van der Waals surface area (Å²) in [4.78, 5) is 0. The Labute approximate surface area is 117 Å². The van der Waals surface area contributed by atoms with Crippen LogP contribution in [0.25, 0.3) is 0 Å². The van der Waals surface area contributed by atoms with Gasteiger partial charge in [-0.15, -0.1) is 0 Å². The van der Waals surface area contributed by atoms with E-state index in [4.69, 9.17) is 0 Å². The van der Waals surface area contributed by atoms with Crippen molar-refractivity contribution in [2.24, 2.45) is 0 Å². The summed E-state index contributed by atoms with van der Waals surface area (Å²) in [5, 5.41) is 3.37. The Kier molecular flexibility index (Phi) is 3.79. The van der Waals surface area contributed by atoms with Gasteiger partial charge in [0.2, 0.25) is 0 Å². The molecule has 3 rings (SSSR count). The third-order valence-electron chi connectivity index (χ3n) is 4.07. The molecule has 0 amide bonds. The van der Waals surface area contributed by atoms with Gasteiger partial charge < -0.3 is 5.32 Å². The maximum atomic E-state index is 14.1.